The molecule has 0 spiro atoms. The molecule has 1 aliphatic rings. The molecule has 1 fully saturated rings. The average Bonchev–Trinajstić information content (AvgIpc) is 2.81. The van der Waals surface area contributed by atoms with Crippen LogP contribution < -0.4 is 10.6 Å². The molecule has 1 heterocycles. The van der Waals surface area contributed by atoms with Gasteiger partial charge in [-0.1, -0.05) is 6.92 Å². The number of halogens is 3. The largest absolute Gasteiger partial charge is 0.490 e. The normalized spacial score (nSPS) is 14.0. The molecule has 3 amide bonds. The molecule has 1 aliphatic heterocycles. The van der Waals surface area contributed by atoms with Gasteiger partial charge in [-0.3, -0.25) is 14.4 Å². The maximum Gasteiger partial charge on any atom is 0.490 e. The lowest BCUT2D eigenvalue weighted by Crippen LogP contribution is -2.43. The number of ether oxygens (including phenoxy) is 1. The number of nitrogens with zero attached hydrogens (tertiary/aromatic N) is 1. The van der Waals surface area contributed by atoms with Crippen LogP contribution in [0.4, 0.5) is 18.9 Å². The van der Waals surface area contributed by atoms with Crippen LogP contribution in [-0.4, -0.2) is 73.2 Å². The summed E-state index contributed by atoms with van der Waals surface area (Å²) < 4.78 is 36.7. The summed E-state index contributed by atoms with van der Waals surface area (Å²) in [4.78, 5) is 46.9. The first-order chi connectivity index (χ1) is 16.0. The maximum atomic E-state index is 12.6. The van der Waals surface area contributed by atoms with Crippen molar-refractivity contribution in [2.75, 3.05) is 38.7 Å². The van der Waals surface area contributed by atoms with Crippen molar-refractivity contribution in [3.63, 3.8) is 0 Å². The van der Waals surface area contributed by atoms with Crippen LogP contribution in [0.3, 0.4) is 0 Å². The van der Waals surface area contributed by atoms with Crippen LogP contribution in [0.2, 0.25) is 0 Å². The number of hydrogen-bond donors (Lipinski definition) is 3. The van der Waals surface area contributed by atoms with Gasteiger partial charge in [-0.2, -0.15) is 13.2 Å². The van der Waals surface area contributed by atoms with Gasteiger partial charge in [0.05, 0.1) is 0 Å². The fourth-order valence-electron chi connectivity index (χ4n) is 3.05. The molecule has 34 heavy (non-hydrogen) atoms. The number of rotatable bonds is 8. The van der Waals surface area contributed by atoms with E-state index in [9.17, 15) is 27.6 Å². The molecule has 1 aromatic rings. The number of alkyl halides is 3. The number of hydrogen-bond acceptors (Lipinski definition) is 5. The minimum Gasteiger partial charge on any atom is -0.475 e. The van der Waals surface area contributed by atoms with Gasteiger partial charge < -0.3 is 25.4 Å². The van der Waals surface area contributed by atoms with Gasteiger partial charge in [0.1, 0.15) is 0 Å². The zero-order valence-electron chi connectivity index (χ0n) is 19.1. The number of benzene rings is 1. The van der Waals surface area contributed by atoms with Gasteiger partial charge in [-0.15, -0.1) is 0 Å². The highest BCUT2D eigenvalue weighted by Gasteiger charge is 2.38. The van der Waals surface area contributed by atoms with Crippen molar-refractivity contribution in [1.29, 1.82) is 0 Å². The minimum atomic E-state index is -5.08. The van der Waals surface area contributed by atoms with Gasteiger partial charge in [0.15, 0.2) is 0 Å². The number of methoxy groups -OCH3 is 1. The van der Waals surface area contributed by atoms with E-state index in [4.69, 9.17) is 14.6 Å². The number of carboxylic acids is 1. The zero-order chi connectivity index (χ0) is 25.7. The lowest BCUT2D eigenvalue weighted by atomic mass is 9.95. The zero-order valence-corrected chi connectivity index (χ0v) is 19.1. The van der Waals surface area contributed by atoms with E-state index in [0.717, 1.165) is 6.42 Å². The van der Waals surface area contributed by atoms with Crippen molar-refractivity contribution >= 4 is 29.4 Å². The number of carbonyl (C=O) groups excluding carboxylic acids is 3. The van der Waals surface area contributed by atoms with Crippen LogP contribution in [0.1, 0.15) is 43.0 Å². The number of amides is 3. The summed E-state index contributed by atoms with van der Waals surface area (Å²) in [6, 6.07) is 6.92. The molecule has 1 saturated heterocycles. The highest BCUT2D eigenvalue weighted by Crippen LogP contribution is 2.20. The van der Waals surface area contributed by atoms with Crippen LogP contribution in [-0.2, 0) is 19.1 Å². The van der Waals surface area contributed by atoms with Gasteiger partial charge in [0.2, 0.25) is 11.8 Å². The predicted molar refractivity (Wildman–Crippen MR) is 117 cm³/mol. The smallest absolute Gasteiger partial charge is 0.475 e. The van der Waals surface area contributed by atoms with Crippen LogP contribution in [0.5, 0.6) is 0 Å². The SMILES string of the molecule is CCC(=O)Nc1ccc(C(=O)N2CCC(C(=O)NCCCOC)CC2)cc1.O=C(O)C(F)(F)F. The molecule has 0 unspecified atom stereocenters. The Morgan fingerprint density at radius 3 is 2.15 bits per heavy atom. The predicted octanol–water partition coefficient (Wildman–Crippen LogP) is 2.67. The van der Waals surface area contributed by atoms with Gasteiger partial charge >= 0.3 is 12.1 Å². The third-order valence-electron chi connectivity index (χ3n) is 4.96. The van der Waals surface area contributed by atoms with Gasteiger partial charge in [0.25, 0.3) is 5.91 Å². The Kier molecular flexibility index (Phi) is 12.1. The van der Waals surface area contributed by atoms with E-state index in [1.54, 1.807) is 43.2 Å². The molecule has 0 aliphatic carbocycles. The van der Waals surface area contributed by atoms with Crippen molar-refractivity contribution in [2.45, 2.75) is 38.8 Å². The molecule has 0 aromatic heterocycles. The molecule has 0 atom stereocenters. The Bertz CT molecular complexity index is 822. The molecular weight excluding hydrogens is 459 g/mol. The van der Waals surface area contributed by atoms with E-state index in [0.29, 0.717) is 56.8 Å². The van der Waals surface area contributed by atoms with E-state index in [2.05, 4.69) is 10.6 Å². The van der Waals surface area contributed by atoms with Crippen LogP contribution >= 0.6 is 0 Å². The topological polar surface area (TPSA) is 125 Å². The summed E-state index contributed by atoms with van der Waals surface area (Å²) in [5, 5.41) is 12.8. The Balaban J connectivity index is 0.000000718. The summed E-state index contributed by atoms with van der Waals surface area (Å²) in [6.45, 7) is 4.18. The Labute approximate surface area is 195 Å². The number of anilines is 1. The van der Waals surface area contributed by atoms with Gasteiger partial charge in [-0.25, -0.2) is 4.79 Å². The third-order valence-corrected chi connectivity index (χ3v) is 4.96. The third kappa shape index (κ3) is 10.2. The fraction of sp³-hybridized carbons (Fsp3) is 0.545. The standard InChI is InChI=1S/C20H29N3O4.C2HF3O2/c1-3-18(24)22-17-7-5-16(6-8-17)20(26)23-12-9-15(10-13-23)19(25)21-11-4-14-27-2;3-2(4,5)1(6)7/h5-8,15H,3-4,9-14H2,1-2H3,(H,21,25)(H,22,24);(H,6,7). The highest BCUT2D eigenvalue weighted by molar-refractivity contribution is 5.96. The lowest BCUT2D eigenvalue weighted by molar-refractivity contribution is -0.192. The monoisotopic (exact) mass is 489 g/mol. The number of aliphatic carboxylic acids is 1. The number of likely N-dealkylation sites (tertiary alicyclic amines) is 1. The Morgan fingerprint density at radius 2 is 1.68 bits per heavy atom. The summed E-state index contributed by atoms with van der Waals surface area (Å²) >= 11 is 0. The second kappa shape index (κ2) is 14.2. The molecule has 190 valence electrons. The molecule has 0 saturated carbocycles. The van der Waals surface area contributed by atoms with Gasteiger partial charge in [-0.05, 0) is 43.5 Å². The molecule has 1 aromatic carbocycles. The number of piperidine rings is 1. The van der Waals surface area contributed by atoms with E-state index >= 15 is 0 Å². The van der Waals surface area contributed by atoms with Gasteiger partial charge in [0, 0.05) is 56.9 Å². The van der Waals surface area contributed by atoms with Crippen molar-refractivity contribution in [1.82, 2.24) is 10.2 Å². The molecule has 2 rings (SSSR count). The molecule has 12 heteroatoms. The van der Waals surface area contributed by atoms with Crippen molar-refractivity contribution in [2.24, 2.45) is 5.92 Å². The van der Waals surface area contributed by atoms with E-state index in [1.807, 2.05) is 0 Å². The Morgan fingerprint density at radius 1 is 1.12 bits per heavy atom. The van der Waals surface area contributed by atoms with E-state index in [-0.39, 0.29) is 23.6 Å². The van der Waals surface area contributed by atoms with E-state index < -0.39 is 12.1 Å². The van der Waals surface area contributed by atoms with E-state index in [1.165, 1.54) is 0 Å². The second-order valence-electron chi connectivity index (χ2n) is 7.49. The Hall–Kier alpha value is -3.15. The first kappa shape index (κ1) is 28.9. The molecule has 0 bridgehead atoms. The average molecular weight is 489 g/mol. The van der Waals surface area contributed by atoms with Crippen molar-refractivity contribution in [3.05, 3.63) is 29.8 Å². The summed E-state index contributed by atoms with van der Waals surface area (Å²) in [5.41, 5.74) is 1.27. The first-order valence-electron chi connectivity index (χ1n) is 10.8. The quantitative estimate of drug-likeness (QED) is 0.482. The number of carbonyl (C=O) groups is 4. The van der Waals surface area contributed by atoms with Crippen molar-refractivity contribution in [3.8, 4) is 0 Å². The fourth-order valence-corrected chi connectivity index (χ4v) is 3.05. The molecule has 9 nitrogen and oxygen atoms in total. The summed E-state index contributed by atoms with van der Waals surface area (Å²) in [6.07, 6.45) is -2.52. The summed E-state index contributed by atoms with van der Waals surface area (Å²) in [5.74, 6) is -2.83. The highest BCUT2D eigenvalue weighted by atomic mass is 19.4. The van der Waals surface area contributed by atoms with Crippen LogP contribution in [0.25, 0.3) is 0 Å². The number of carboxylic acid groups (broad SMARTS) is 1. The van der Waals surface area contributed by atoms with Crippen LogP contribution in [0, 0.1) is 5.92 Å². The maximum absolute atomic E-state index is 12.6. The minimum absolute atomic E-state index is 0.0387. The van der Waals surface area contributed by atoms with Crippen LogP contribution in [0.15, 0.2) is 24.3 Å². The van der Waals surface area contributed by atoms with Crippen molar-refractivity contribution < 1.29 is 42.2 Å². The molecular formula is C22H30F3N3O6. The number of nitrogens with one attached hydrogen (secondary N) is 2. The first-order valence-corrected chi connectivity index (χ1v) is 10.8. The molecule has 3 N–H and O–H groups in total. The lowest BCUT2D eigenvalue weighted by Gasteiger charge is -2.31. The second-order valence-corrected chi connectivity index (χ2v) is 7.49. The summed E-state index contributed by atoms with van der Waals surface area (Å²) in [7, 11) is 1.64. The molecule has 0 radical (unpaired) electrons.